The van der Waals surface area contributed by atoms with Crippen LogP contribution in [0, 0.1) is 0 Å². The smallest absolute Gasteiger partial charge is 0.311 e. The number of carbonyl (C=O) groups excluding carboxylic acids is 3. The molecule has 0 saturated heterocycles. The highest BCUT2D eigenvalue weighted by atomic mass is 32.2. The summed E-state index contributed by atoms with van der Waals surface area (Å²) < 4.78 is 15.5. The van der Waals surface area contributed by atoms with Crippen LogP contribution in [0.5, 0.6) is 11.5 Å². The third-order valence-electron chi connectivity index (χ3n) is 4.57. The van der Waals surface area contributed by atoms with Crippen molar-refractivity contribution >= 4 is 51.7 Å². The normalized spacial score (nSPS) is 10.4. The van der Waals surface area contributed by atoms with Crippen molar-refractivity contribution in [2.75, 3.05) is 37.2 Å². The molecule has 0 spiro atoms. The molecule has 9 nitrogen and oxygen atoms in total. The average molecular weight is 516 g/mol. The molecule has 0 aliphatic rings. The Morgan fingerprint density at radius 1 is 1.00 bits per heavy atom. The van der Waals surface area contributed by atoms with Gasteiger partial charge in [-0.2, -0.15) is 0 Å². The SMILES string of the molecule is CCOC(=O)Cc1csc(NC(=O)CSc2ccc(NC(=O)c3c(OC)cccc3OC)cc2)n1. The monoisotopic (exact) mass is 515 g/mol. The van der Waals surface area contributed by atoms with Gasteiger partial charge in [0.2, 0.25) is 5.91 Å². The molecule has 1 aromatic heterocycles. The minimum absolute atomic E-state index is 0.0711. The van der Waals surface area contributed by atoms with Gasteiger partial charge in [0, 0.05) is 16.0 Å². The number of hydrogen-bond acceptors (Lipinski definition) is 9. The first-order valence-electron chi connectivity index (χ1n) is 10.6. The third-order valence-corrected chi connectivity index (χ3v) is 6.38. The van der Waals surface area contributed by atoms with Gasteiger partial charge in [0.05, 0.1) is 38.7 Å². The molecule has 35 heavy (non-hydrogen) atoms. The molecule has 1 heterocycles. The molecule has 3 aromatic rings. The minimum Gasteiger partial charge on any atom is -0.496 e. The molecule has 11 heteroatoms. The number of amides is 2. The van der Waals surface area contributed by atoms with Crippen molar-refractivity contribution < 1.29 is 28.6 Å². The number of anilines is 2. The van der Waals surface area contributed by atoms with Gasteiger partial charge in [-0.1, -0.05) is 6.07 Å². The second kappa shape index (κ2) is 12.8. The average Bonchev–Trinajstić information content (AvgIpc) is 3.29. The van der Waals surface area contributed by atoms with E-state index >= 15 is 0 Å². The number of benzene rings is 2. The van der Waals surface area contributed by atoms with Crippen LogP contribution < -0.4 is 20.1 Å². The van der Waals surface area contributed by atoms with Crippen molar-refractivity contribution in [3.63, 3.8) is 0 Å². The lowest BCUT2D eigenvalue weighted by Gasteiger charge is -2.13. The Morgan fingerprint density at radius 2 is 1.69 bits per heavy atom. The van der Waals surface area contributed by atoms with Crippen molar-refractivity contribution in [1.29, 1.82) is 0 Å². The largest absolute Gasteiger partial charge is 0.496 e. The van der Waals surface area contributed by atoms with Crippen LogP contribution >= 0.6 is 23.1 Å². The lowest BCUT2D eigenvalue weighted by molar-refractivity contribution is -0.142. The number of thioether (sulfide) groups is 1. The Hall–Kier alpha value is -3.57. The summed E-state index contributed by atoms with van der Waals surface area (Å²) in [5.41, 5.74) is 1.45. The minimum atomic E-state index is -0.357. The summed E-state index contributed by atoms with van der Waals surface area (Å²) in [5, 5.41) is 7.70. The zero-order valence-electron chi connectivity index (χ0n) is 19.5. The maximum atomic E-state index is 12.8. The molecule has 3 rings (SSSR count). The predicted molar refractivity (Wildman–Crippen MR) is 136 cm³/mol. The first-order valence-corrected chi connectivity index (χ1v) is 12.4. The molecule has 0 radical (unpaired) electrons. The number of methoxy groups -OCH3 is 2. The van der Waals surface area contributed by atoms with E-state index in [1.54, 1.807) is 42.6 Å². The van der Waals surface area contributed by atoms with Gasteiger partial charge in [-0.05, 0) is 43.3 Å². The molecule has 0 fully saturated rings. The molecule has 2 aromatic carbocycles. The van der Waals surface area contributed by atoms with Crippen LogP contribution in [-0.2, 0) is 20.7 Å². The van der Waals surface area contributed by atoms with Gasteiger partial charge in [0.25, 0.3) is 5.91 Å². The van der Waals surface area contributed by atoms with E-state index in [-0.39, 0.29) is 30.0 Å². The topological polar surface area (TPSA) is 116 Å². The second-order valence-corrected chi connectivity index (χ2v) is 8.89. The van der Waals surface area contributed by atoms with Crippen LogP contribution in [0.25, 0.3) is 0 Å². The van der Waals surface area contributed by atoms with Gasteiger partial charge >= 0.3 is 5.97 Å². The van der Waals surface area contributed by atoms with Crippen molar-refractivity contribution in [2.24, 2.45) is 0 Å². The number of nitrogens with one attached hydrogen (secondary N) is 2. The zero-order valence-corrected chi connectivity index (χ0v) is 21.1. The first-order chi connectivity index (χ1) is 16.9. The Morgan fingerprint density at radius 3 is 2.31 bits per heavy atom. The summed E-state index contributed by atoms with van der Waals surface area (Å²) in [6, 6.07) is 12.3. The molecule has 2 N–H and O–H groups in total. The zero-order chi connectivity index (χ0) is 25.2. The lowest BCUT2D eigenvalue weighted by atomic mass is 10.1. The van der Waals surface area contributed by atoms with Gasteiger partial charge in [-0.15, -0.1) is 23.1 Å². The molecule has 184 valence electrons. The molecule has 0 atom stereocenters. The van der Waals surface area contributed by atoms with E-state index < -0.39 is 0 Å². The second-order valence-electron chi connectivity index (χ2n) is 6.98. The van der Waals surface area contributed by atoms with E-state index in [1.165, 1.54) is 37.3 Å². The lowest BCUT2D eigenvalue weighted by Crippen LogP contribution is -2.15. The molecular formula is C24H25N3O6S2. The summed E-state index contributed by atoms with van der Waals surface area (Å²) in [6.07, 6.45) is 0.0711. The van der Waals surface area contributed by atoms with Gasteiger partial charge < -0.3 is 24.8 Å². The van der Waals surface area contributed by atoms with Crippen LogP contribution in [0.1, 0.15) is 23.0 Å². The summed E-state index contributed by atoms with van der Waals surface area (Å²) in [4.78, 5) is 41.7. The molecule has 0 bridgehead atoms. The Labute approximate surface area is 211 Å². The van der Waals surface area contributed by atoms with E-state index in [9.17, 15) is 14.4 Å². The molecule has 2 amide bonds. The van der Waals surface area contributed by atoms with Gasteiger partial charge in [0.1, 0.15) is 17.1 Å². The number of hydrogen-bond donors (Lipinski definition) is 2. The Kier molecular flexibility index (Phi) is 9.50. The maximum Gasteiger partial charge on any atom is 0.311 e. The molecule has 0 saturated carbocycles. The van der Waals surface area contributed by atoms with Gasteiger partial charge in [-0.3, -0.25) is 14.4 Å². The Balaban J connectivity index is 1.51. The van der Waals surface area contributed by atoms with E-state index in [2.05, 4.69) is 15.6 Å². The van der Waals surface area contributed by atoms with Gasteiger partial charge in [-0.25, -0.2) is 4.98 Å². The van der Waals surface area contributed by atoms with Crippen molar-refractivity contribution in [1.82, 2.24) is 4.98 Å². The van der Waals surface area contributed by atoms with E-state index in [4.69, 9.17) is 14.2 Å². The summed E-state index contributed by atoms with van der Waals surface area (Å²) in [6.45, 7) is 2.05. The highest BCUT2D eigenvalue weighted by Crippen LogP contribution is 2.29. The summed E-state index contributed by atoms with van der Waals surface area (Å²) >= 11 is 2.60. The van der Waals surface area contributed by atoms with Crippen LogP contribution in [0.15, 0.2) is 52.7 Å². The number of aromatic nitrogens is 1. The maximum absolute atomic E-state index is 12.8. The van der Waals surface area contributed by atoms with Crippen LogP contribution in [0.4, 0.5) is 10.8 Å². The molecule has 0 aliphatic carbocycles. The molecular weight excluding hydrogens is 490 g/mol. The first kappa shape index (κ1) is 26.0. The fraction of sp³-hybridized carbons (Fsp3) is 0.250. The van der Waals surface area contributed by atoms with Crippen molar-refractivity contribution in [3.8, 4) is 11.5 Å². The van der Waals surface area contributed by atoms with E-state index in [1.807, 2.05) is 12.1 Å². The highest BCUT2D eigenvalue weighted by Gasteiger charge is 2.18. The number of ether oxygens (including phenoxy) is 3. The predicted octanol–water partition coefficient (Wildman–Crippen LogP) is 4.25. The number of carbonyl (C=O) groups is 3. The number of thiazole rings is 1. The standard InChI is InChI=1S/C24H25N3O6S2/c1-4-33-21(29)12-16-13-35-24(26-16)27-20(28)14-34-17-10-8-15(9-11-17)25-23(30)22-18(31-2)6-5-7-19(22)32-3/h5-11,13H,4,12,14H2,1-3H3,(H,25,30)(H,26,27,28). The fourth-order valence-corrected chi connectivity index (χ4v) is 4.44. The van der Waals surface area contributed by atoms with Crippen LogP contribution in [0.3, 0.4) is 0 Å². The molecule has 0 aliphatic heterocycles. The number of nitrogens with zero attached hydrogens (tertiary/aromatic N) is 1. The van der Waals surface area contributed by atoms with Gasteiger partial charge in [0.15, 0.2) is 5.13 Å². The summed E-state index contributed by atoms with van der Waals surface area (Å²) in [5.74, 6) is 0.0729. The summed E-state index contributed by atoms with van der Waals surface area (Å²) in [7, 11) is 2.98. The molecule has 0 unspecified atom stereocenters. The van der Waals surface area contributed by atoms with E-state index in [0.717, 1.165) is 4.90 Å². The van der Waals surface area contributed by atoms with Crippen LogP contribution in [0.2, 0.25) is 0 Å². The van der Waals surface area contributed by atoms with Crippen molar-refractivity contribution in [2.45, 2.75) is 18.2 Å². The highest BCUT2D eigenvalue weighted by molar-refractivity contribution is 8.00. The van der Waals surface area contributed by atoms with E-state index in [0.29, 0.717) is 40.2 Å². The van der Waals surface area contributed by atoms with Crippen molar-refractivity contribution in [3.05, 3.63) is 59.1 Å². The fourth-order valence-electron chi connectivity index (χ4n) is 3.01. The quantitative estimate of drug-likeness (QED) is 0.288. The Bertz CT molecular complexity index is 1160. The number of esters is 1. The van der Waals surface area contributed by atoms with Crippen LogP contribution in [-0.4, -0.2) is 49.3 Å². The third kappa shape index (κ3) is 7.46. The number of rotatable bonds is 11.